The number of hydrogen-bond acceptors (Lipinski definition) is 1. The number of aryl methyl sites for hydroxylation is 1. The first-order chi connectivity index (χ1) is 6.16. The average Bonchev–Trinajstić information content (AvgIpc) is 2.16. The van der Waals surface area contributed by atoms with E-state index in [1.54, 1.807) is 0 Å². The zero-order valence-electron chi connectivity index (χ0n) is 8.50. The Bertz CT molecular complexity index is 302. The van der Waals surface area contributed by atoms with Gasteiger partial charge in [-0.15, -0.1) is 0 Å². The maximum atomic E-state index is 11.5. The molecular formula is C12H16O. The lowest BCUT2D eigenvalue weighted by atomic mass is 9.92. The number of Topliss-reactive ketones (excluding diaryl/α,β-unsaturated/α-hetero) is 1. The summed E-state index contributed by atoms with van der Waals surface area (Å²) in [4.78, 5) is 11.5. The molecule has 0 aliphatic carbocycles. The first-order valence-corrected chi connectivity index (χ1v) is 4.75. The monoisotopic (exact) mass is 176 g/mol. The molecule has 0 bridgehead atoms. The average molecular weight is 176 g/mol. The Kier molecular flexibility index (Phi) is 3.24. The van der Waals surface area contributed by atoms with Crippen molar-refractivity contribution in [2.75, 3.05) is 0 Å². The molecule has 1 aromatic carbocycles. The molecule has 0 saturated carbocycles. The SMILES string of the molecule is CCC(=O)C(C)c1ccccc1C. The van der Waals surface area contributed by atoms with E-state index >= 15 is 0 Å². The molecule has 1 atom stereocenters. The topological polar surface area (TPSA) is 17.1 Å². The first-order valence-electron chi connectivity index (χ1n) is 4.75. The molecule has 0 aromatic heterocycles. The molecule has 0 fully saturated rings. The van der Waals surface area contributed by atoms with Crippen LogP contribution in [0.5, 0.6) is 0 Å². The van der Waals surface area contributed by atoms with Gasteiger partial charge in [-0.05, 0) is 18.1 Å². The van der Waals surface area contributed by atoms with E-state index in [-0.39, 0.29) is 5.92 Å². The Balaban J connectivity index is 2.95. The van der Waals surface area contributed by atoms with Crippen LogP contribution in [-0.4, -0.2) is 5.78 Å². The van der Waals surface area contributed by atoms with Gasteiger partial charge in [0, 0.05) is 12.3 Å². The van der Waals surface area contributed by atoms with E-state index in [0.717, 1.165) is 5.56 Å². The van der Waals surface area contributed by atoms with E-state index in [9.17, 15) is 4.79 Å². The number of benzene rings is 1. The van der Waals surface area contributed by atoms with Crippen molar-refractivity contribution in [3.8, 4) is 0 Å². The van der Waals surface area contributed by atoms with Crippen LogP contribution in [0.4, 0.5) is 0 Å². The molecule has 0 heterocycles. The van der Waals surface area contributed by atoms with Gasteiger partial charge in [-0.1, -0.05) is 38.1 Å². The molecular weight excluding hydrogens is 160 g/mol. The molecule has 1 aromatic rings. The van der Waals surface area contributed by atoms with Crippen LogP contribution >= 0.6 is 0 Å². The van der Waals surface area contributed by atoms with E-state index < -0.39 is 0 Å². The van der Waals surface area contributed by atoms with Gasteiger partial charge in [0.25, 0.3) is 0 Å². The molecule has 0 radical (unpaired) electrons. The molecule has 0 saturated heterocycles. The molecule has 1 heteroatoms. The molecule has 1 unspecified atom stereocenters. The van der Waals surface area contributed by atoms with Crippen molar-refractivity contribution in [1.29, 1.82) is 0 Å². The van der Waals surface area contributed by atoms with Crippen molar-refractivity contribution in [3.63, 3.8) is 0 Å². The summed E-state index contributed by atoms with van der Waals surface area (Å²) in [5, 5.41) is 0. The van der Waals surface area contributed by atoms with Crippen molar-refractivity contribution in [2.24, 2.45) is 0 Å². The second-order valence-electron chi connectivity index (χ2n) is 3.40. The van der Waals surface area contributed by atoms with E-state index in [4.69, 9.17) is 0 Å². The van der Waals surface area contributed by atoms with Crippen LogP contribution in [0.2, 0.25) is 0 Å². The minimum absolute atomic E-state index is 0.0474. The fraction of sp³-hybridized carbons (Fsp3) is 0.417. The van der Waals surface area contributed by atoms with Crippen LogP contribution in [0.1, 0.15) is 37.3 Å². The van der Waals surface area contributed by atoms with Crippen molar-refractivity contribution in [2.45, 2.75) is 33.1 Å². The Morgan fingerprint density at radius 2 is 2.00 bits per heavy atom. The summed E-state index contributed by atoms with van der Waals surface area (Å²) in [7, 11) is 0. The smallest absolute Gasteiger partial charge is 0.139 e. The highest BCUT2D eigenvalue weighted by molar-refractivity contribution is 5.85. The van der Waals surface area contributed by atoms with Gasteiger partial charge in [-0.25, -0.2) is 0 Å². The van der Waals surface area contributed by atoms with Crippen molar-refractivity contribution >= 4 is 5.78 Å². The molecule has 1 nitrogen and oxygen atoms in total. The maximum absolute atomic E-state index is 11.5. The highest BCUT2D eigenvalue weighted by atomic mass is 16.1. The van der Waals surface area contributed by atoms with E-state index in [0.29, 0.717) is 12.2 Å². The molecule has 70 valence electrons. The van der Waals surface area contributed by atoms with E-state index in [2.05, 4.69) is 13.0 Å². The third-order valence-electron chi connectivity index (χ3n) is 2.49. The molecule has 13 heavy (non-hydrogen) atoms. The molecule has 0 amide bonds. The normalized spacial score (nSPS) is 12.5. The first kappa shape index (κ1) is 9.97. The second kappa shape index (κ2) is 4.22. The standard InChI is InChI=1S/C12H16O/c1-4-12(13)10(3)11-8-6-5-7-9(11)2/h5-8,10H,4H2,1-3H3. The molecule has 0 N–H and O–H groups in total. The van der Waals surface area contributed by atoms with Crippen LogP contribution < -0.4 is 0 Å². The molecule has 0 spiro atoms. The van der Waals surface area contributed by atoms with Crippen molar-refractivity contribution in [3.05, 3.63) is 35.4 Å². The highest BCUT2D eigenvalue weighted by Crippen LogP contribution is 2.20. The van der Waals surface area contributed by atoms with Gasteiger partial charge in [0.1, 0.15) is 5.78 Å². The zero-order chi connectivity index (χ0) is 9.84. The number of hydrogen-bond donors (Lipinski definition) is 0. The minimum atomic E-state index is 0.0474. The lowest BCUT2D eigenvalue weighted by Gasteiger charge is -2.11. The fourth-order valence-electron chi connectivity index (χ4n) is 1.55. The van der Waals surface area contributed by atoms with Crippen LogP contribution in [0, 0.1) is 6.92 Å². The van der Waals surface area contributed by atoms with E-state index in [1.807, 2.05) is 32.0 Å². The largest absolute Gasteiger partial charge is 0.299 e. The fourth-order valence-corrected chi connectivity index (χ4v) is 1.55. The summed E-state index contributed by atoms with van der Waals surface area (Å²) in [6, 6.07) is 8.08. The van der Waals surface area contributed by atoms with Gasteiger partial charge >= 0.3 is 0 Å². The third kappa shape index (κ3) is 2.18. The van der Waals surface area contributed by atoms with Gasteiger partial charge in [0.05, 0.1) is 0 Å². The summed E-state index contributed by atoms with van der Waals surface area (Å²) >= 11 is 0. The predicted octanol–water partition coefficient (Wildman–Crippen LogP) is 3.08. The lowest BCUT2D eigenvalue weighted by Crippen LogP contribution is -2.08. The summed E-state index contributed by atoms with van der Waals surface area (Å²) in [6.45, 7) is 5.94. The van der Waals surface area contributed by atoms with Crippen molar-refractivity contribution < 1.29 is 4.79 Å². The van der Waals surface area contributed by atoms with Crippen LogP contribution in [0.25, 0.3) is 0 Å². The van der Waals surface area contributed by atoms with Gasteiger partial charge < -0.3 is 0 Å². The Morgan fingerprint density at radius 1 is 1.38 bits per heavy atom. The third-order valence-corrected chi connectivity index (χ3v) is 2.49. The Morgan fingerprint density at radius 3 is 2.54 bits per heavy atom. The van der Waals surface area contributed by atoms with Gasteiger partial charge in [-0.2, -0.15) is 0 Å². The summed E-state index contributed by atoms with van der Waals surface area (Å²) in [5.74, 6) is 0.362. The van der Waals surface area contributed by atoms with Crippen LogP contribution in [-0.2, 0) is 4.79 Å². The van der Waals surface area contributed by atoms with Crippen LogP contribution in [0.3, 0.4) is 0 Å². The predicted molar refractivity (Wildman–Crippen MR) is 54.9 cm³/mol. The quantitative estimate of drug-likeness (QED) is 0.691. The van der Waals surface area contributed by atoms with Gasteiger partial charge in [-0.3, -0.25) is 4.79 Å². The summed E-state index contributed by atoms with van der Waals surface area (Å²) in [6.07, 6.45) is 0.621. The zero-order valence-corrected chi connectivity index (χ0v) is 8.50. The minimum Gasteiger partial charge on any atom is -0.299 e. The summed E-state index contributed by atoms with van der Waals surface area (Å²) < 4.78 is 0. The molecule has 1 rings (SSSR count). The maximum Gasteiger partial charge on any atom is 0.139 e. The molecule has 0 aliphatic heterocycles. The number of ketones is 1. The number of carbonyl (C=O) groups excluding carboxylic acids is 1. The van der Waals surface area contributed by atoms with Crippen molar-refractivity contribution in [1.82, 2.24) is 0 Å². The Hall–Kier alpha value is -1.11. The molecule has 0 aliphatic rings. The number of rotatable bonds is 3. The van der Waals surface area contributed by atoms with E-state index in [1.165, 1.54) is 5.56 Å². The lowest BCUT2D eigenvalue weighted by molar-refractivity contribution is -0.119. The second-order valence-corrected chi connectivity index (χ2v) is 3.40. The Labute approximate surface area is 79.8 Å². The highest BCUT2D eigenvalue weighted by Gasteiger charge is 2.14. The van der Waals surface area contributed by atoms with Crippen LogP contribution in [0.15, 0.2) is 24.3 Å². The van der Waals surface area contributed by atoms with Gasteiger partial charge in [0.15, 0.2) is 0 Å². The number of carbonyl (C=O) groups is 1. The summed E-state index contributed by atoms with van der Waals surface area (Å²) in [5.41, 5.74) is 2.37. The van der Waals surface area contributed by atoms with Gasteiger partial charge in [0.2, 0.25) is 0 Å².